The Labute approximate surface area is 209 Å². The molecule has 1 N–H and O–H groups in total. The lowest BCUT2D eigenvalue weighted by atomic mass is 9.85. The number of hydrogen-bond donors (Lipinski definition) is 1. The van der Waals surface area contributed by atoms with Crippen LogP contribution in [0.4, 0.5) is 0 Å². The third-order valence-corrected chi connectivity index (χ3v) is 6.99. The quantitative estimate of drug-likeness (QED) is 0.577. The molecule has 196 valence electrons. The molecule has 10 nitrogen and oxygen atoms in total. The predicted octanol–water partition coefficient (Wildman–Crippen LogP) is 2.74. The van der Waals surface area contributed by atoms with E-state index in [1.807, 2.05) is 13.0 Å². The van der Waals surface area contributed by atoms with Crippen LogP contribution < -0.4 is 28.4 Å². The van der Waals surface area contributed by atoms with Crippen molar-refractivity contribution in [3.8, 4) is 34.5 Å². The zero-order valence-electron chi connectivity index (χ0n) is 21.0. The first-order chi connectivity index (χ1) is 17.4. The maximum Gasteiger partial charge on any atom is 0.232 e. The smallest absolute Gasteiger partial charge is 0.232 e. The fourth-order valence-electron chi connectivity index (χ4n) is 5.01. The molecule has 5 rings (SSSR count). The van der Waals surface area contributed by atoms with E-state index in [1.165, 1.54) is 14.2 Å². The molecule has 3 aliphatic heterocycles. The van der Waals surface area contributed by atoms with Crippen LogP contribution in [-0.2, 0) is 14.2 Å². The zero-order chi connectivity index (χ0) is 25.4. The molecule has 2 aromatic rings. The van der Waals surface area contributed by atoms with Gasteiger partial charge in [0, 0.05) is 18.7 Å². The Hall–Kier alpha value is -2.92. The summed E-state index contributed by atoms with van der Waals surface area (Å²) in [4.78, 5) is 0. The van der Waals surface area contributed by atoms with Gasteiger partial charge in [0.05, 0.1) is 53.2 Å². The summed E-state index contributed by atoms with van der Waals surface area (Å²) in [6, 6.07) is 8.92. The van der Waals surface area contributed by atoms with Crippen LogP contribution in [0.1, 0.15) is 18.6 Å². The molecule has 0 aromatic heterocycles. The second-order valence-corrected chi connectivity index (χ2v) is 9.08. The molecule has 10 heteroatoms. The average Bonchev–Trinajstić information content (AvgIpc) is 3.38. The Balaban J connectivity index is 1.42. The van der Waals surface area contributed by atoms with Gasteiger partial charge in [0.2, 0.25) is 12.0 Å². The molecule has 0 bridgehead atoms. The molecule has 0 spiro atoms. The normalized spacial score (nSPS) is 30.6. The van der Waals surface area contributed by atoms with Gasteiger partial charge >= 0.3 is 0 Å². The second kappa shape index (κ2) is 9.85. The van der Waals surface area contributed by atoms with E-state index in [0.29, 0.717) is 41.1 Å². The van der Waals surface area contributed by atoms with E-state index in [9.17, 15) is 5.11 Å². The van der Waals surface area contributed by atoms with Crippen molar-refractivity contribution in [1.29, 1.82) is 0 Å². The molecule has 3 heterocycles. The van der Waals surface area contributed by atoms with E-state index >= 15 is 0 Å². The lowest BCUT2D eigenvalue weighted by Crippen LogP contribution is -2.47. The topological polar surface area (TPSA) is 103 Å². The van der Waals surface area contributed by atoms with Crippen LogP contribution >= 0.6 is 0 Å². The number of benzene rings is 2. The predicted molar refractivity (Wildman–Crippen MR) is 126 cm³/mol. The van der Waals surface area contributed by atoms with Crippen LogP contribution in [0.25, 0.3) is 0 Å². The molecule has 36 heavy (non-hydrogen) atoms. The first-order valence-electron chi connectivity index (χ1n) is 11.8. The van der Waals surface area contributed by atoms with E-state index in [4.69, 9.17) is 42.6 Å². The molecule has 0 unspecified atom stereocenters. The van der Waals surface area contributed by atoms with Crippen molar-refractivity contribution in [2.75, 3.05) is 48.3 Å². The standard InChI is InChI=1S/C26H32O10/c1-14-22(12-28-2)35-20-9-15(19(31-5)10-21(20)34-14)23-16-11-32-25(26(16,27)13-33-23)36-24-17(29-3)7-6-8-18(24)30-4/h6-10,14,16,22-23,25,27H,11-13H2,1-5H3/t14-,16+,22-,23-,25-,26+/m0/s1. The Morgan fingerprint density at radius 2 is 1.64 bits per heavy atom. The average molecular weight is 505 g/mol. The van der Waals surface area contributed by atoms with Crippen LogP contribution in [0, 0.1) is 5.92 Å². The van der Waals surface area contributed by atoms with Crippen molar-refractivity contribution in [3.05, 3.63) is 35.9 Å². The van der Waals surface area contributed by atoms with Gasteiger partial charge in [-0.05, 0) is 25.1 Å². The minimum atomic E-state index is -1.41. The molecule has 0 radical (unpaired) electrons. The lowest BCUT2D eigenvalue weighted by Gasteiger charge is -2.33. The first-order valence-corrected chi connectivity index (χ1v) is 11.8. The Bertz CT molecular complexity index is 1070. The van der Waals surface area contributed by atoms with Crippen molar-refractivity contribution in [1.82, 2.24) is 0 Å². The Kier molecular flexibility index (Phi) is 6.78. The van der Waals surface area contributed by atoms with Crippen molar-refractivity contribution < 1.29 is 47.7 Å². The third-order valence-electron chi connectivity index (χ3n) is 6.99. The van der Waals surface area contributed by atoms with E-state index in [1.54, 1.807) is 38.5 Å². The van der Waals surface area contributed by atoms with Gasteiger partial charge in [0.15, 0.2) is 34.7 Å². The fraction of sp³-hybridized carbons (Fsp3) is 0.538. The lowest BCUT2D eigenvalue weighted by molar-refractivity contribution is -0.153. The summed E-state index contributed by atoms with van der Waals surface area (Å²) in [7, 11) is 6.28. The van der Waals surface area contributed by atoms with Crippen LogP contribution in [0.2, 0.25) is 0 Å². The highest BCUT2D eigenvalue weighted by molar-refractivity contribution is 5.53. The van der Waals surface area contributed by atoms with Gasteiger partial charge in [-0.1, -0.05) is 6.07 Å². The van der Waals surface area contributed by atoms with Gasteiger partial charge in [-0.2, -0.15) is 0 Å². The van der Waals surface area contributed by atoms with Crippen LogP contribution in [0.5, 0.6) is 34.5 Å². The zero-order valence-corrected chi connectivity index (χ0v) is 21.0. The van der Waals surface area contributed by atoms with Gasteiger partial charge in [-0.15, -0.1) is 0 Å². The number of aliphatic hydroxyl groups is 1. The number of hydrogen-bond acceptors (Lipinski definition) is 10. The molecule has 6 atom stereocenters. The summed E-state index contributed by atoms with van der Waals surface area (Å²) in [5.41, 5.74) is -0.687. The summed E-state index contributed by atoms with van der Waals surface area (Å²) in [6.07, 6.45) is -1.96. The van der Waals surface area contributed by atoms with E-state index in [-0.39, 0.29) is 25.4 Å². The largest absolute Gasteiger partial charge is 0.496 e. The maximum absolute atomic E-state index is 11.7. The monoisotopic (exact) mass is 504 g/mol. The van der Waals surface area contributed by atoms with Crippen molar-refractivity contribution >= 4 is 0 Å². The summed E-state index contributed by atoms with van der Waals surface area (Å²) < 4.78 is 52.2. The van der Waals surface area contributed by atoms with Crippen LogP contribution in [0.3, 0.4) is 0 Å². The van der Waals surface area contributed by atoms with Crippen molar-refractivity contribution in [2.24, 2.45) is 5.92 Å². The summed E-state index contributed by atoms with van der Waals surface area (Å²) in [5, 5.41) is 11.7. The minimum Gasteiger partial charge on any atom is -0.496 e. The molecule has 0 amide bonds. The SMILES string of the molecule is COC[C@@H]1Oc2cc([C@@H]3OC[C@]4(O)[C@H](Oc5c(OC)cccc5OC)OC[C@H]34)c(OC)cc2O[C@H]1C. The first kappa shape index (κ1) is 24.8. The summed E-state index contributed by atoms with van der Waals surface area (Å²) in [6.45, 7) is 2.54. The molecule has 2 saturated heterocycles. The fourth-order valence-corrected chi connectivity index (χ4v) is 5.01. The molecule has 3 aliphatic rings. The third kappa shape index (κ3) is 4.07. The van der Waals surface area contributed by atoms with Gasteiger partial charge in [-0.3, -0.25) is 0 Å². The minimum absolute atomic E-state index is 0.00535. The molecule has 2 aromatic carbocycles. The number of fused-ring (bicyclic) bond motifs is 2. The van der Waals surface area contributed by atoms with Crippen LogP contribution in [-0.4, -0.2) is 77.5 Å². The van der Waals surface area contributed by atoms with Gasteiger partial charge in [-0.25, -0.2) is 0 Å². The van der Waals surface area contributed by atoms with E-state index < -0.39 is 23.9 Å². The number of rotatable bonds is 8. The van der Waals surface area contributed by atoms with Crippen molar-refractivity contribution in [3.63, 3.8) is 0 Å². The summed E-state index contributed by atoms with van der Waals surface area (Å²) >= 11 is 0. The van der Waals surface area contributed by atoms with Crippen LogP contribution in [0.15, 0.2) is 30.3 Å². The van der Waals surface area contributed by atoms with Gasteiger partial charge < -0.3 is 47.7 Å². The number of ether oxygens (including phenoxy) is 9. The molecule has 0 aliphatic carbocycles. The number of para-hydroxylation sites is 1. The van der Waals surface area contributed by atoms with Gasteiger partial charge in [0.25, 0.3) is 0 Å². The maximum atomic E-state index is 11.7. The highest BCUT2D eigenvalue weighted by Gasteiger charge is 2.61. The van der Waals surface area contributed by atoms with E-state index in [0.717, 1.165) is 5.56 Å². The molecule has 0 saturated carbocycles. The molecular weight excluding hydrogens is 472 g/mol. The van der Waals surface area contributed by atoms with Gasteiger partial charge in [0.1, 0.15) is 11.9 Å². The van der Waals surface area contributed by atoms with Crippen molar-refractivity contribution in [2.45, 2.75) is 37.1 Å². The molecule has 2 fully saturated rings. The molecular formula is C26H32O10. The second-order valence-electron chi connectivity index (χ2n) is 9.08. The Morgan fingerprint density at radius 1 is 0.944 bits per heavy atom. The highest BCUT2D eigenvalue weighted by Crippen LogP contribution is 2.53. The highest BCUT2D eigenvalue weighted by atomic mass is 16.7. The van der Waals surface area contributed by atoms with E-state index in [2.05, 4.69) is 0 Å². The number of methoxy groups -OCH3 is 4. The Morgan fingerprint density at radius 3 is 2.31 bits per heavy atom. The summed E-state index contributed by atoms with van der Waals surface area (Å²) in [5.74, 6) is 2.57.